The van der Waals surface area contributed by atoms with Crippen LogP contribution in [0, 0.1) is 6.92 Å². The van der Waals surface area contributed by atoms with Gasteiger partial charge in [-0.2, -0.15) is 5.10 Å². The normalized spacial score (nSPS) is 11.5. The van der Waals surface area contributed by atoms with Gasteiger partial charge in [-0.25, -0.2) is 10.4 Å². The highest BCUT2D eigenvalue weighted by atomic mass is 35.5. The molecule has 1 aromatic carbocycles. The van der Waals surface area contributed by atoms with Crippen molar-refractivity contribution < 1.29 is 4.79 Å². The number of benzene rings is 1. The lowest BCUT2D eigenvalue weighted by Gasteiger charge is -2.02. The molecule has 6 nitrogen and oxygen atoms in total. The molecule has 0 saturated heterocycles. The lowest BCUT2D eigenvalue weighted by Crippen LogP contribution is -2.21. The van der Waals surface area contributed by atoms with Gasteiger partial charge in [0.15, 0.2) is 0 Å². The third kappa shape index (κ3) is 4.87. The molecule has 0 fully saturated rings. The van der Waals surface area contributed by atoms with E-state index < -0.39 is 0 Å². The third-order valence-electron chi connectivity index (χ3n) is 2.52. The van der Waals surface area contributed by atoms with E-state index in [4.69, 9.17) is 11.6 Å². The minimum absolute atomic E-state index is 0.203. The van der Waals surface area contributed by atoms with Crippen LogP contribution in [0.2, 0.25) is 5.02 Å². The van der Waals surface area contributed by atoms with E-state index in [-0.39, 0.29) is 11.7 Å². The molecule has 0 spiro atoms. The van der Waals surface area contributed by atoms with E-state index in [1.807, 2.05) is 19.1 Å². The van der Waals surface area contributed by atoms with Crippen molar-refractivity contribution in [3.05, 3.63) is 40.7 Å². The van der Waals surface area contributed by atoms with Gasteiger partial charge in [0.25, 0.3) is 5.91 Å². The average Bonchev–Trinajstić information content (AvgIpc) is 2.89. The van der Waals surface area contributed by atoms with Crippen molar-refractivity contribution >= 4 is 35.0 Å². The molecule has 0 unspecified atom stereocenters. The van der Waals surface area contributed by atoms with Crippen LogP contribution in [0.15, 0.2) is 34.5 Å². The van der Waals surface area contributed by atoms with Gasteiger partial charge in [-0.05, 0) is 31.5 Å². The molecule has 1 heterocycles. The Bertz CT molecular complexity index is 653. The van der Waals surface area contributed by atoms with Crippen molar-refractivity contribution in [2.24, 2.45) is 5.10 Å². The van der Waals surface area contributed by atoms with Crippen LogP contribution >= 0.6 is 23.4 Å². The molecule has 0 radical (unpaired) electrons. The Morgan fingerprint density at radius 2 is 2.14 bits per heavy atom. The summed E-state index contributed by atoms with van der Waals surface area (Å²) in [5.74, 6) is 0.708. The monoisotopic (exact) mass is 323 g/mol. The van der Waals surface area contributed by atoms with Crippen LogP contribution in [0.5, 0.6) is 0 Å². The first-order chi connectivity index (χ1) is 10.0. The lowest BCUT2D eigenvalue weighted by atomic mass is 10.1. The standard InChI is InChI=1S/C13H14ClN5OS/c1-8(10-3-5-11(14)6-4-10)16-18-12(20)7-21-13-15-9(2)17-19-13/h3-6H,7H2,1-2H3,(H,18,20)(H,15,17,19)/b16-8+. The van der Waals surface area contributed by atoms with Gasteiger partial charge in [0.05, 0.1) is 11.5 Å². The Morgan fingerprint density at radius 3 is 2.76 bits per heavy atom. The van der Waals surface area contributed by atoms with E-state index >= 15 is 0 Å². The molecule has 0 aliphatic heterocycles. The number of rotatable bonds is 5. The maximum atomic E-state index is 11.7. The summed E-state index contributed by atoms with van der Waals surface area (Å²) in [5, 5.41) is 11.9. The third-order valence-corrected chi connectivity index (χ3v) is 3.62. The molecular formula is C13H14ClN5OS. The molecule has 1 aromatic heterocycles. The van der Waals surface area contributed by atoms with Crippen molar-refractivity contribution in [2.45, 2.75) is 19.0 Å². The van der Waals surface area contributed by atoms with Crippen LogP contribution in [0.4, 0.5) is 0 Å². The summed E-state index contributed by atoms with van der Waals surface area (Å²) in [6, 6.07) is 7.25. The first kappa shape index (κ1) is 15.5. The second-order valence-corrected chi connectivity index (χ2v) is 5.61. The zero-order valence-electron chi connectivity index (χ0n) is 11.6. The number of nitrogens with zero attached hydrogens (tertiary/aromatic N) is 3. The number of hydrazone groups is 1. The van der Waals surface area contributed by atoms with Crippen molar-refractivity contribution in [1.29, 1.82) is 0 Å². The van der Waals surface area contributed by atoms with Gasteiger partial charge in [-0.15, -0.1) is 5.10 Å². The largest absolute Gasteiger partial charge is 0.272 e. The van der Waals surface area contributed by atoms with Crippen molar-refractivity contribution in [2.75, 3.05) is 5.75 Å². The van der Waals surface area contributed by atoms with Gasteiger partial charge in [0, 0.05) is 5.02 Å². The smallest absolute Gasteiger partial charge is 0.250 e. The Labute approximate surface area is 131 Å². The second kappa shape index (κ2) is 7.24. The zero-order chi connectivity index (χ0) is 15.2. The van der Waals surface area contributed by atoms with E-state index in [1.54, 1.807) is 19.1 Å². The Kier molecular flexibility index (Phi) is 5.35. The number of aromatic nitrogens is 3. The number of H-pyrrole nitrogens is 1. The number of carbonyl (C=O) groups is 1. The fraction of sp³-hybridized carbons (Fsp3) is 0.231. The van der Waals surface area contributed by atoms with Gasteiger partial charge in [-0.3, -0.25) is 9.89 Å². The average molecular weight is 324 g/mol. The zero-order valence-corrected chi connectivity index (χ0v) is 13.1. The molecular weight excluding hydrogens is 310 g/mol. The van der Waals surface area contributed by atoms with E-state index in [1.165, 1.54) is 11.8 Å². The summed E-state index contributed by atoms with van der Waals surface area (Å²) in [5.41, 5.74) is 4.11. The molecule has 0 atom stereocenters. The summed E-state index contributed by atoms with van der Waals surface area (Å²) in [6.07, 6.45) is 0. The molecule has 2 N–H and O–H groups in total. The van der Waals surface area contributed by atoms with E-state index in [0.29, 0.717) is 15.9 Å². The lowest BCUT2D eigenvalue weighted by molar-refractivity contribution is -0.118. The van der Waals surface area contributed by atoms with Gasteiger partial charge >= 0.3 is 0 Å². The van der Waals surface area contributed by atoms with Gasteiger partial charge < -0.3 is 0 Å². The number of thioether (sulfide) groups is 1. The summed E-state index contributed by atoms with van der Waals surface area (Å²) < 4.78 is 0. The quantitative estimate of drug-likeness (QED) is 0.503. The molecule has 1 amide bonds. The van der Waals surface area contributed by atoms with Crippen LogP contribution in [-0.2, 0) is 4.79 Å². The minimum atomic E-state index is -0.212. The van der Waals surface area contributed by atoms with Crippen LogP contribution in [-0.4, -0.2) is 32.6 Å². The molecule has 0 aliphatic rings. The predicted octanol–water partition coefficient (Wildman–Crippen LogP) is 2.40. The second-order valence-electron chi connectivity index (χ2n) is 4.23. The van der Waals surface area contributed by atoms with Crippen LogP contribution in [0.25, 0.3) is 0 Å². The highest BCUT2D eigenvalue weighted by Gasteiger charge is 2.06. The van der Waals surface area contributed by atoms with Crippen LogP contribution < -0.4 is 5.43 Å². The number of hydrogen-bond acceptors (Lipinski definition) is 5. The van der Waals surface area contributed by atoms with Gasteiger partial charge in [0.2, 0.25) is 5.16 Å². The first-order valence-electron chi connectivity index (χ1n) is 6.15. The molecule has 21 heavy (non-hydrogen) atoms. The number of hydrogen-bond donors (Lipinski definition) is 2. The molecule has 2 rings (SSSR count). The number of aryl methyl sites for hydroxylation is 1. The number of carbonyl (C=O) groups excluding carboxylic acids is 1. The fourth-order valence-corrected chi connectivity index (χ4v) is 2.21. The Hall–Kier alpha value is -1.86. The SMILES string of the molecule is C/C(=N\NC(=O)CSc1n[nH]c(C)n1)c1ccc(Cl)cc1. The van der Waals surface area contributed by atoms with E-state index in [2.05, 4.69) is 25.7 Å². The van der Waals surface area contributed by atoms with E-state index in [9.17, 15) is 4.79 Å². The summed E-state index contributed by atoms with van der Waals surface area (Å²) in [7, 11) is 0. The minimum Gasteiger partial charge on any atom is -0.272 e. The highest BCUT2D eigenvalue weighted by Crippen LogP contribution is 2.12. The number of halogens is 1. The molecule has 0 aliphatic carbocycles. The van der Waals surface area contributed by atoms with Crippen LogP contribution in [0.1, 0.15) is 18.3 Å². The van der Waals surface area contributed by atoms with Crippen LogP contribution in [0.3, 0.4) is 0 Å². The number of amides is 1. The van der Waals surface area contributed by atoms with E-state index in [0.717, 1.165) is 11.4 Å². The molecule has 0 saturated carbocycles. The molecule has 8 heteroatoms. The Morgan fingerprint density at radius 1 is 1.43 bits per heavy atom. The summed E-state index contributed by atoms with van der Waals surface area (Å²) in [6.45, 7) is 3.62. The fourth-order valence-electron chi connectivity index (χ4n) is 1.45. The topological polar surface area (TPSA) is 83.0 Å². The predicted molar refractivity (Wildman–Crippen MR) is 83.6 cm³/mol. The Balaban J connectivity index is 1.84. The first-order valence-corrected chi connectivity index (χ1v) is 7.52. The summed E-state index contributed by atoms with van der Waals surface area (Å²) in [4.78, 5) is 15.8. The summed E-state index contributed by atoms with van der Waals surface area (Å²) >= 11 is 7.06. The maximum Gasteiger partial charge on any atom is 0.250 e. The van der Waals surface area contributed by atoms with Crippen molar-refractivity contribution in [3.63, 3.8) is 0 Å². The highest BCUT2D eigenvalue weighted by molar-refractivity contribution is 7.99. The molecule has 110 valence electrons. The molecule has 2 aromatic rings. The number of nitrogens with one attached hydrogen (secondary N) is 2. The van der Waals surface area contributed by atoms with Crippen molar-refractivity contribution in [1.82, 2.24) is 20.6 Å². The molecule has 0 bridgehead atoms. The van der Waals surface area contributed by atoms with Gasteiger partial charge in [-0.1, -0.05) is 35.5 Å². The van der Waals surface area contributed by atoms with Gasteiger partial charge in [0.1, 0.15) is 5.82 Å². The van der Waals surface area contributed by atoms with Crippen molar-refractivity contribution in [3.8, 4) is 0 Å². The maximum absolute atomic E-state index is 11.7. The number of aromatic amines is 1.